The van der Waals surface area contributed by atoms with E-state index in [-0.39, 0.29) is 0 Å². The molecule has 0 radical (unpaired) electrons. The molecule has 1 aliphatic heterocycles. The third kappa shape index (κ3) is 5.16. The average molecular weight is 367 g/mol. The second-order valence-electron chi connectivity index (χ2n) is 7.06. The summed E-state index contributed by atoms with van der Waals surface area (Å²) in [5.41, 5.74) is 3.72. The van der Waals surface area contributed by atoms with Crippen molar-refractivity contribution >= 4 is 11.6 Å². The predicted molar refractivity (Wildman–Crippen MR) is 113 cm³/mol. The minimum atomic E-state index is 0.591. The van der Waals surface area contributed by atoms with Crippen LogP contribution in [0.5, 0.6) is 5.75 Å². The molecule has 2 aromatic carbocycles. The van der Waals surface area contributed by atoms with Gasteiger partial charge in [0.15, 0.2) is 5.96 Å². The maximum atomic E-state index is 5.50. The van der Waals surface area contributed by atoms with Gasteiger partial charge in [-0.1, -0.05) is 42.0 Å². The number of benzene rings is 2. The zero-order valence-corrected chi connectivity index (χ0v) is 16.5. The first-order chi connectivity index (χ1) is 13.2. The molecule has 1 aliphatic rings. The van der Waals surface area contributed by atoms with Gasteiger partial charge in [-0.3, -0.25) is 4.99 Å². The molecule has 0 saturated carbocycles. The molecule has 1 fully saturated rings. The van der Waals surface area contributed by atoms with Gasteiger partial charge in [0.2, 0.25) is 0 Å². The predicted octanol–water partition coefficient (Wildman–Crippen LogP) is 3.20. The van der Waals surface area contributed by atoms with E-state index in [2.05, 4.69) is 63.8 Å². The Hall–Kier alpha value is -2.69. The van der Waals surface area contributed by atoms with Crippen molar-refractivity contribution in [2.75, 3.05) is 38.7 Å². The number of guanidine groups is 1. The van der Waals surface area contributed by atoms with E-state index in [4.69, 9.17) is 4.74 Å². The number of methoxy groups -OCH3 is 1. The van der Waals surface area contributed by atoms with Gasteiger partial charge in [-0.05, 0) is 37.0 Å². The SMILES string of the molecule is CN=C(NCc1ccc(C)cc1)NCC1CCN(c2ccccc2OC)C1. The molecule has 5 nitrogen and oxygen atoms in total. The second kappa shape index (κ2) is 9.31. The van der Waals surface area contributed by atoms with E-state index >= 15 is 0 Å². The van der Waals surface area contributed by atoms with Crippen LogP contribution < -0.4 is 20.3 Å². The van der Waals surface area contributed by atoms with Gasteiger partial charge >= 0.3 is 0 Å². The molecule has 1 unspecified atom stereocenters. The van der Waals surface area contributed by atoms with Crippen molar-refractivity contribution in [1.82, 2.24) is 10.6 Å². The Labute approximate surface area is 162 Å². The molecule has 0 amide bonds. The van der Waals surface area contributed by atoms with Crippen LogP contribution in [0.1, 0.15) is 17.5 Å². The summed E-state index contributed by atoms with van der Waals surface area (Å²) in [6.07, 6.45) is 1.17. The number of hydrogen-bond donors (Lipinski definition) is 2. The molecule has 0 aliphatic carbocycles. The first kappa shape index (κ1) is 19.1. The van der Waals surface area contributed by atoms with Crippen molar-refractivity contribution in [2.45, 2.75) is 19.9 Å². The highest BCUT2D eigenvalue weighted by atomic mass is 16.5. The zero-order valence-electron chi connectivity index (χ0n) is 16.5. The average Bonchev–Trinajstić information content (AvgIpc) is 3.18. The lowest BCUT2D eigenvalue weighted by Crippen LogP contribution is -2.39. The van der Waals surface area contributed by atoms with Gasteiger partial charge < -0.3 is 20.3 Å². The van der Waals surface area contributed by atoms with Crippen molar-refractivity contribution in [3.05, 3.63) is 59.7 Å². The molecule has 0 aromatic heterocycles. The van der Waals surface area contributed by atoms with Crippen molar-refractivity contribution in [3.63, 3.8) is 0 Å². The number of nitrogens with one attached hydrogen (secondary N) is 2. The summed E-state index contributed by atoms with van der Waals surface area (Å²) < 4.78 is 5.50. The van der Waals surface area contributed by atoms with Gasteiger partial charge in [0.05, 0.1) is 12.8 Å². The Kier molecular flexibility index (Phi) is 6.58. The fraction of sp³-hybridized carbons (Fsp3) is 0.409. The van der Waals surface area contributed by atoms with Crippen molar-refractivity contribution in [1.29, 1.82) is 0 Å². The molecule has 2 aromatic rings. The van der Waals surface area contributed by atoms with Crippen LogP contribution in [0.3, 0.4) is 0 Å². The standard InChI is InChI=1S/C22H30N4O/c1-17-8-10-18(11-9-17)14-24-22(23-2)25-15-19-12-13-26(16-19)20-6-4-5-7-21(20)27-3/h4-11,19H,12-16H2,1-3H3,(H2,23,24,25). The van der Waals surface area contributed by atoms with Crippen LogP contribution >= 0.6 is 0 Å². The van der Waals surface area contributed by atoms with E-state index in [1.807, 2.05) is 19.2 Å². The largest absolute Gasteiger partial charge is 0.495 e. The zero-order chi connectivity index (χ0) is 19.1. The molecule has 27 heavy (non-hydrogen) atoms. The summed E-state index contributed by atoms with van der Waals surface area (Å²) in [4.78, 5) is 6.76. The molecule has 1 saturated heterocycles. The van der Waals surface area contributed by atoms with Crippen LogP contribution in [-0.4, -0.2) is 39.8 Å². The number of nitrogens with zero attached hydrogens (tertiary/aromatic N) is 2. The summed E-state index contributed by atoms with van der Waals surface area (Å²) in [6.45, 7) is 5.88. The number of aliphatic imine (C=N–C) groups is 1. The van der Waals surface area contributed by atoms with Crippen LogP contribution in [0.25, 0.3) is 0 Å². The van der Waals surface area contributed by atoms with E-state index in [1.165, 1.54) is 23.2 Å². The lowest BCUT2D eigenvalue weighted by Gasteiger charge is -2.21. The van der Waals surface area contributed by atoms with Crippen LogP contribution in [-0.2, 0) is 6.54 Å². The quantitative estimate of drug-likeness (QED) is 0.609. The fourth-order valence-electron chi connectivity index (χ4n) is 3.46. The molecule has 5 heteroatoms. The molecule has 1 heterocycles. The first-order valence-electron chi connectivity index (χ1n) is 9.57. The van der Waals surface area contributed by atoms with Crippen LogP contribution in [0.4, 0.5) is 5.69 Å². The smallest absolute Gasteiger partial charge is 0.191 e. The van der Waals surface area contributed by atoms with Gasteiger partial charge in [0.1, 0.15) is 5.75 Å². The van der Waals surface area contributed by atoms with E-state index in [0.29, 0.717) is 5.92 Å². The number of ether oxygens (including phenoxy) is 1. The molecule has 144 valence electrons. The van der Waals surface area contributed by atoms with Gasteiger partial charge in [0.25, 0.3) is 0 Å². The van der Waals surface area contributed by atoms with Crippen LogP contribution in [0.2, 0.25) is 0 Å². The highest BCUT2D eigenvalue weighted by molar-refractivity contribution is 5.79. The van der Waals surface area contributed by atoms with Crippen LogP contribution in [0.15, 0.2) is 53.5 Å². The number of aryl methyl sites for hydroxylation is 1. The lowest BCUT2D eigenvalue weighted by molar-refractivity contribution is 0.414. The van der Waals surface area contributed by atoms with E-state index in [9.17, 15) is 0 Å². The number of anilines is 1. The van der Waals surface area contributed by atoms with Gasteiger partial charge in [-0.25, -0.2) is 0 Å². The van der Waals surface area contributed by atoms with Crippen molar-refractivity contribution < 1.29 is 4.74 Å². The Balaban J connectivity index is 1.47. The van der Waals surface area contributed by atoms with Crippen molar-refractivity contribution in [2.24, 2.45) is 10.9 Å². The maximum Gasteiger partial charge on any atom is 0.191 e. The number of para-hydroxylation sites is 2. The monoisotopic (exact) mass is 366 g/mol. The topological polar surface area (TPSA) is 48.9 Å². The summed E-state index contributed by atoms with van der Waals surface area (Å²) in [6, 6.07) is 16.8. The molecule has 0 spiro atoms. The molecule has 1 atom stereocenters. The molecule has 0 bridgehead atoms. The van der Waals surface area contributed by atoms with E-state index < -0.39 is 0 Å². The van der Waals surface area contributed by atoms with Gasteiger partial charge in [-0.2, -0.15) is 0 Å². The molecular formula is C22H30N4O. The highest BCUT2D eigenvalue weighted by Gasteiger charge is 2.24. The number of rotatable bonds is 6. The third-order valence-corrected chi connectivity index (χ3v) is 5.07. The minimum Gasteiger partial charge on any atom is -0.495 e. The normalized spacial score (nSPS) is 17.1. The Morgan fingerprint density at radius 1 is 1.15 bits per heavy atom. The fourth-order valence-corrected chi connectivity index (χ4v) is 3.46. The molecule has 3 rings (SSSR count). The van der Waals surface area contributed by atoms with Crippen molar-refractivity contribution in [3.8, 4) is 5.75 Å². The van der Waals surface area contributed by atoms with E-state index in [1.54, 1.807) is 7.11 Å². The highest BCUT2D eigenvalue weighted by Crippen LogP contribution is 2.31. The second-order valence-corrected chi connectivity index (χ2v) is 7.06. The number of hydrogen-bond acceptors (Lipinski definition) is 3. The summed E-state index contributed by atoms with van der Waals surface area (Å²) in [5, 5.41) is 6.87. The molecule has 2 N–H and O–H groups in total. The third-order valence-electron chi connectivity index (χ3n) is 5.07. The van der Waals surface area contributed by atoms with Crippen LogP contribution in [0, 0.1) is 12.8 Å². The Bertz CT molecular complexity index is 757. The van der Waals surface area contributed by atoms with Gasteiger partial charge in [0, 0.05) is 33.2 Å². The van der Waals surface area contributed by atoms with Gasteiger partial charge in [-0.15, -0.1) is 0 Å². The summed E-state index contributed by atoms with van der Waals surface area (Å²) >= 11 is 0. The summed E-state index contributed by atoms with van der Waals surface area (Å²) in [7, 11) is 3.55. The molecular weight excluding hydrogens is 336 g/mol. The Morgan fingerprint density at radius 2 is 1.93 bits per heavy atom. The maximum absolute atomic E-state index is 5.50. The van der Waals surface area contributed by atoms with E-state index in [0.717, 1.165) is 37.9 Å². The lowest BCUT2D eigenvalue weighted by atomic mass is 10.1. The Morgan fingerprint density at radius 3 is 2.67 bits per heavy atom. The summed E-state index contributed by atoms with van der Waals surface area (Å²) in [5.74, 6) is 2.39. The first-order valence-corrected chi connectivity index (χ1v) is 9.57. The minimum absolute atomic E-state index is 0.591.